The molecule has 0 bridgehead atoms. The van der Waals surface area contributed by atoms with Crippen molar-refractivity contribution in [3.8, 4) is 11.5 Å². The van der Waals surface area contributed by atoms with Crippen LogP contribution in [-0.4, -0.2) is 22.6 Å². The summed E-state index contributed by atoms with van der Waals surface area (Å²) in [5.74, 6) is 1.75. The van der Waals surface area contributed by atoms with Gasteiger partial charge in [-0.15, -0.1) is 0 Å². The molecular weight excluding hydrogens is 168 g/mol. The Morgan fingerprint density at radius 2 is 1.92 bits per heavy atom. The van der Waals surface area contributed by atoms with Crippen LogP contribution >= 0.6 is 0 Å². The molecule has 0 saturated heterocycles. The molecule has 0 unspecified atom stereocenters. The largest absolute Gasteiger partial charge is 0.493 e. The van der Waals surface area contributed by atoms with Crippen molar-refractivity contribution in [3.63, 3.8) is 0 Å². The zero-order valence-corrected chi connectivity index (χ0v) is 8.97. The zero-order chi connectivity index (χ0) is 9.14. The summed E-state index contributed by atoms with van der Waals surface area (Å²) in [6, 6.07) is 2.00. The van der Waals surface area contributed by atoms with Gasteiger partial charge in [-0.2, -0.15) is 0 Å². The van der Waals surface area contributed by atoms with E-state index in [1.54, 1.807) is 14.2 Å². The van der Waals surface area contributed by atoms with Gasteiger partial charge >= 0.3 is 0 Å². The van der Waals surface area contributed by atoms with Gasteiger partial charge in [-0.3, -0.25) is 0 Å². The Bertz CT molecular complexity index is 284. The molecule has 0 N–H and O–H groups in total. The second-order valence-electron chi connectivity index (χ2n) is 2.74. The minimum atomic E-state index is -0.500. The van der Waals surface area contributed by atoms with Gasteiger partial charge in [0.15, 0.2) is 11.5 Å². The lowest BCUT2D eigenvalue weighted by Gasteiger charge is -2.11. The number of aryl methyl sites for hydroxylation is 1. The lowest BCUT2D eigenvalue weighted by Crippen LogP contribution is -2.02. The Morgan fingerprint density at radius 1 is 1.25 bits per heavy atom. The van der Waals surface area contributed by atoms with Crippen molar-refractivity contribution < 1.29 is 9.47 Å². The van der Waals surface area contributed by atoms with Gasteiger partial charge in [0.25, 0.3) is 0 Å². The molecule has 3 heteroatoms. The summed E-state index contributed by atoms with van der Waals surface area (Å²) in [5, 5.41) is 1.32. The molecule has 0 spiro atoms. The fourth-order valence-corrected chi connectivity index (χ4v) is 2.41. The molecule has 0 aliphatic carbocycles. The molecule has 1 aromatic rings. The monoisotopic (exact) mass is 182 g/mol. The number of rotatable bonds is 2. The van der Waals surface area contributed by atoms with Crippen molar-refractivity contribution in [1.82, 2.24) is 0 Å². The van der Waals surface area contributed by atoms with Gasteiger partial charge in [0.1, 0.15) is 0 Å². The summed E-state index contributed by atoms with van der Waals surface area (Å²) in [6.07, 6.45) is 0. The predicted molar refractivity (Wildman–Crippen MR) is 51.2 cm³/mol. The highest BCUT2D eigenvalue weighted by molar-refractivity contribution is 6.51. The van der Waals surface area contributed by atoms with Gasteiger partial charge in [0.05, 0.1) is 14.2 Å². The molecule has 0 amide bonds. The van der Waals surface area contributed by atoms with Crippen molar-refractivity contribution in [1.29, 1.82) is 0 Å². The third-order valence-corrected chi connectivity index (χ3v) is 4.14. The van der Waals surface area contributed by atoms with E-state index in [2.05, 4.69) is 19.1 Å². The van der Waals surface area contributed by atoms with Gasteiger partial charge in [0.2, 0.25) is 0 Å². The summed E-state index contributed by atoms with van der Waals surface area (Å²) in [6.45, 7) is 4.34. The van der Waals surface area contributed by atoms with Gasteiger partial charge < -0.3 is 9.47 Å². The smallest absolute Gasteiger partial charge is 0.160 e. The quantitative estimate of drug-likeness (QED) is 0.646. The Kier molecular flexibility index (Phi) is 2.86. The van der Waals surface area contributed by atoms with Gasteiger partial charge in [-0.25, -0.2) is 0 Å². The van der Waals surface area contributed by atoms with E-state index in [0.29, 0.717) is 0 Å². The van der Waals surface area contributed by atoms with Crippen LogP contribution in [0.25, 0.3) is 0 Å². The van der Waals surface area contributed by atoms with E-state index in [4.69, 9.17) is 9.47 Å². The van der Waals surface area contributed by atoms with Crippen molar-refractivity contribution in [2.75, 3.05) is 14.2 Å². The highest BCUT2D eigenvalue weighted by Crippen LogP contribution is 2.28. The van der Waals surface area contributed by atoms with Crippen LogP contribution in [0.1, 0.15) is 5.17 Å². The van der Waals surface area contributed by atoms with Crippen LogP contribution in [0.4, 0.5) is 0 Å². The Hall–Kier alpha value is -0.833. The second-order valence-corrected chi connectivity index (χ2v) is 5.19. The molecular formula is C9H14O2Si. The topological polar surface area (TPSA) is 18.5 Å². The number of methoxy groups -OCH3 is 2. The van der Waals surface area contributed by atoms with Crippen molar-refractivity contribution in [2.45, 2.75) is 6.92 Å². The molecule has 12 heavy (non-hydrogen) atoms. The molecule has 2 nitrogen and oxygen atoms in total. The van der Waals surface area contributed by atoms with E-state index in [0.717, 1.165) is 11.5 Å². The summed E-state index contributed by atoms with van der Waals surface area (Å²) in [4.78, 5) is 0. The van der Waals surface area contributed by atoms with E-state index in [1.807, 2.05) is 6.07 Å². The van der Waals surface area contributed by atoms with Crippen LogP contribution in [0.5, 0.6) is 11.5 Å². The molecule has 0 aliphatic heterocycles. The first-order valence-corrected chi connectivity index (χ1v) is 5.96. The molecule has 0 radical (unpaired) electrons. The summed E-state index contributed by atoms with van der Waals surface area (Å²) >= 11 is 0. The van der Waals surface area contributed by atoms with Gasteiger partial charge in [-0.1, -0.05) is 12.2 Å². The highest BCUT2D eigenvalue weighted by atomic mass is 28.2. The maximum Gasteiger partial charge on any atom is 0.160 e. The summed E-state index contributed by atoms with van der Waals surface area (Å²) in [7, 11) is 2.85. The third kappa shape index (κ3) is 1.50. The first-order chi connectivity index (χ1) is 5.70. The zero-order valence-electron chi connectivity index (χ0n) is 7.97. The molecule has 0 atom stereocenters. The van der Waals surface area contributed by atoms with Crippen LogP contribution in [-0.2, 0) is 6.55 Å². The predicted octanol–water partition coefficient (Wildman–Crippen LogP) is 1.57. The van der Waals surface area contributed by atoms with Crippen molar-refractivity contribution >= 4 is 8.40 Å². The van der Waals surface area contributed by atoms with E-state index >= 15 is 0 Å². The van der Waals surface area contributed by atoms with Crippen LogP contribution in [0.2, 0.25) is 0 Å². The van der Waals surface area contributed by atoms with Crippen LogP contribution in [0.15, 0.2) is 11.7 Å². The molecule has 0 saturated carbocycles. The minimum absolute atomic E-state index is 0.500. The first kappa shape index (κ1) is 9.26. The van der Waals surface area contributed by atoms with Crippen molar-refractivity contribution in [3.05, 3.63) is 16.9 Å². The SMILES string of the molecule is COc1cc[si](C)c(C)c1OC. The summed E-state index contributed by atoms with van der Waals surface area (Å²) < 4.78 is 10.4. The Balaban J connectivity index is 3.25. The molecule has 66 valence electrons. The third-order valence-electron chi connectivity index (χ3n) is 2.06. The van der Waals surface area contributed by atoms with E-state index in [-0.39, 0.29) is 0 Å². The van der Waals surface area contributed by atoms with E-state index in [1.165, 1.54) is 5.17 Å². The maximum absolute atomic E-state index is 5.27. The van der Waals surface area contributed by atoms with Crippen LogP contribution in [0, 0.1) is 6.92 Å². The maximum atomic E-state index is 5.27. The average Bonchev–Trinajstić information content (AvgIpc) is 2.09. The Morgan fingerprint density at radius 3 is 2.42 bits per heavy atom. The number of ether oxygens (including phenoxy) is 2. The van der Waals surface area contributed by atoms with Crippen molar-refractivity contribution in [2.24, 2.45) is 6.55 Å². The fourth-order valence-electron chi connectivity index (χ4n) is 1.18. The standard InChI is InChI=1S/C9H14O2Si/c1-7-9(11-3)8(10-2)5-6-12(7)4/h5-6H,1-4H3. The molecule has 1 aromatic heterocycles. The van der Waals surface area contributed by atoms with Crippen LogP contribution in [0.3, 0.4) is 0 Å². The van der Waals surface area contributed by atoms with Gasteiger partial charge in [0, 0.05) is 8.40 Å². The lowest BCUT2D eigenvalue weighted by atomic mass is 10.4. The lowest BCUT2D eigenvalue weighted by molar-refractivity contribution is 0.354. The first-order valence-electron chi connectivity index (χ1n) is 3.89. The molecule has 1 heterocycles. The fraction of sp³-hybridized carbons (Fsp3) is 0.444. The van der Waals surface area contributed by atoms with Crippen LogP contribution < -0.4 is 9.47 Å². The second kappa shape index (κ2) is 3.71. The average molecular weight is 182 g/mol. The van der Waals surface area contributed by atoms with E-state index < -0.39 is 8.40 Å². The normalized spacial score (nSPS) is 9.67. The highest BCUT2D eigenvalue weighted by Gasteiger charge is 2.07. The molecule has 0 fully saturated rings. The Labute approximate surface area is 74.7 Å². The summed E-state index contributed by atoms with van der Waals surface area (Å²) in [5.41, 5.74) is 2.21. The molecule has 0 aromatic carbocycles. The minimum Gasteiger partial charge on any atom is -0.493 e. The molecule has 0 aliphatic rings. The number of hydrogen-bond donors (Lipinski definition) is 0. The number of hydrogen-bond acceptors (Lipinski definition) is 2. The van der Waals surface area contributed by atoms with Gasteiger partial charge in [-0.05, 0) is 18.2 Å². The van der Waals surface area contributed by atoms with E-state index in [9.17, 15) is 0 Å². The molecule has 1 rings (SSSR count).